The quantitative estimate of drug-likeness (QED) is 0.0678. The molecule has 0 amide bonds. The molecule has 0 aromatic rings. The maximum atomic E-state index is 7.01. The summed E-state index contributed by atoms with van der Waals surface area (Å²) < 4.78 is 7.01. The van der Waals surface area contributed by atoms with Gasteiger partial charge in [-0.15, -0.1) is 0 Å². The van der Waals surface area contributed by atoms with E-state index in [1.54, 1.807) is 0 Å². The molecule has 5 aliphatic heterocycles. The zero-order valence-corrected chi connectivity index (χ0v) is 36.3. The average molecular weight is 829 g/mol. The topological polar surface area (TPSA) is 105 Å². The molecule has 5 heterocycles. The molecular weight excluding hydrogens is 744 g/mol. The van der Waals surface area contributed by atoms with Crippen molar-refractivity contribution in [3.63, 3.8) is 0 Å². The first-order valence-corrected chi connectivity index (χ1v) is 24.9. The third-order valence-corrected chi connectivity index (χ3v) is 17.2. The van der Waals surface area contributed by atoms with Gasteiger partial charge in [0.05, 0.1) is 55.4 Å². The van der Waals surface area contributed by atoms with E-state index in [4.69, 9.17) is 4.74 Å². The Bertz CT molecular complexity index is 1180. The number of hydrogen-bond acceptors (Lipinski definition) is 9. The third-order valence-electron chi connectivity index (χ3n) is 17.2. The van der Waals surface area contributed by atoms with Gasteiger partial charge in [-0.2, -0.15) is 0 Å². The monoisotopic (exact) mass is 828 g/mol. The van der Waals surface area contributed by atoms with Crippen LogP contribution < -0.4 is 42.5 Å². The first-order valence-electron chi connectivity index (χ1n) is 24.9. The van der Waals surface area contributed by atoms with Crippen LogP contribution in [0, 0.1) is 47.3 Å². The molecule has 5 saturated heterocycles. The summed E-state index contributed by atoms with van der Waals surface area (Å²) in [6, 6.07) is 0. The summed E-state index contributed by atoms with van der Waals surface area (Å²) in [7, 11) is 0. The fraction of sp³-hybridized carbons (Fsp3) is 1.00. The van der Waals surface area contributed by atoms with Gasteiger partial charge in [0.25, 0.3) is 0 Å². The van der Waals surface area contributed by atoms with Crippen molar-refractivity contribution in [2.75, 3.05) is 6.61 Å². The molecule has 9 aliphatic rings. The summed E-state index contributed by atoms with van der Waals surface area (Å²) in [6.45, 7) is 3.25. The van der Waals surface area contributed by atoms with Crippen molar-refractivity contribution in [2.24, 2.45) is 47.3 Å². The molecule has 0 aromatic heterocycles. The minimum atomic E-state index is 0. The summed E-state index contributed by atoms with van der Waals surface area (Å²) in [5, 5.41) is 34.3. The van der Waals surface area contributed by atoms with Crippen LogP contribution in [0.1, 0.15) is 180 Å². The third kappa shape index (κ3) is 9.62. The Balaban J connectivity index is 0.00000441. The van der Waals surface area contributed by atoms with Gasteiger partial charge >= 0.3 is 0 Å². The van der Waals surface area contributed by atoms with E-state index < -0.39 is 0 Å². The molecule has 9 fully saturated rings. The molecule has 17 atom stereocenters. The number of fused-ring (bicyclic) bond motifs is 20. The molecule has 56 heavy (non-hydrogen) atoms. The Hall–Kier alpha value is 0.159. The fourth-order valence-electron chi connectivity index (χ4n) is 14.4. The summed E-state index contributed by atoms with van der Waals surface area (Å²) in [5.74, 6) is 5.36. The number of ether oxygens (including phenoxy) is 1. The van der Waals surface area contributed by atoms with E-state index in [2.05, 4.69) is 49.5 Å². The molecule has 325 valence electrons. The van der Waals surface area contributed by atoms with Gasteiger partial charge in [-0.05, 0) is 99.2 Å². The largest absolute Gasteiger partial charge is 0.378 e. The van der Waals surface area contributed by atoms with Gasteiger partial charge in [0, 0.05) is 29.6 Å². The minimum absolute atomic E-state index is 0. The molecule has 9 nitrogen and oxygen atoms in total. The van der Waals surface area contributed by atoms with Crippen LogP contribution in [0.5, 0.6) is 0 Å². The molecule has 0 aromatic carbocycles. The predicted octanol–water partition coefficient (Wildman–Crippen LogP) is 7.30. The molecule has 4 saturated carbocycles. The molecule has 1 radical (unpaired) electrons. The van der Waals surface area contributed by atoms with Gasteiger partial charge < -0.3 is 4.74 Å². The molecule has 9 rings (SSSR count). The maximum Gasteiger partial charge on any atom is 0.0653 e. The van der Waals surface area contributed by atoms with Crippen molar-refractivity contribution in [1.82, 2.24) is 42.5 Å². The first-order chi connectivity index (χ1) is 27.2. The number of rotatable bonds is 14. The van der Waals surface area contributed by atoms with E-state index in [0.29, 0.717) is 84.8 Å². The smallest absolute Gasteiger partial charge is 0.0653 e. The Labute approximate surface area is 352 Å². The van der Waals surface area contributed by atoms with Crippen LogP contribution in [0.4, 0.5) is 0 Å². The predicted molar refractivity (Wildman–Crippen MR) is 223 cm³/mol. The zero-order chi connectivity index (χ0) is 37.0. The number of nitrogens with one attached hydrogen (secondary N) is 8. The van der Waals surface area contributed by atoms with Gasteiger partial charge in [0.1, 0.15) is 0 Å². The maximum absolute atomic E-state index is 7.01. The van der Waals surface area contributed by atoms with E-state index >= 15 is 0 Å². The normalized spacial score (nSPS) is 45.7. The molecular formula is C46H84CuN8O. The second-order valence-electron chi connectivity index (χ2n) is 20.5. The summed E-state index contributed by atoms with van der Waals surface area (Å²) in [6.07, 6.45) is 40.2. The van der Waals surface area contributed by atoms with Gasteiger partial charge in [-0.3, -0.25) is 42.5 Å². The van der Waals surface area contributed by atoms with Gasteiger partial charge in [0.2, 0.25) is 0 Å². The summed E-state index contributed by atoms with van der Waals surface area (Å²) in [4.78, 5) is 0. The molecule has 10 heteroatoms. The van der Waals surface area contributed by atoms with Crippen molar-refractivity contribution in [1.29, 1.82) is 0 Å². The standard InChI is InChI=1S/C46H84N8O.Cu/c1-2-3-4-5-6-7-8-9-10-11-12-19-29-55-37-28-20-27-36-38(37)46-53-44-35-26-18-17-25-34(35)42(51-44)49-40-31-22-14-13-21-30(31)39(47-40)48-41-32-23-15-16-24-33(32)43(50-41)52-45(36)54-46;/h30-54H,2-29H2,1H3;. The van der Waals surface area contributed by atoms with Gasteiger partial charge in [-0.25, -0.2) is 0 Å². The molecule has 8 N–H and O–H groups in total. The SMILES string of the molecule is CCCCCCCCCCCCCCOC1CCCC2C3NC4NC(NC5NC(NC6NC(NC(N3)C12)C1CCCCC61)C1CCCCC51)C1CCCCC41.[Cu]. The van der Waals surface area contributed by atoms with Crippen LogP contribution in [0.15, 0.2) is 0 Å². The van der Waals surface area contributed by atoms with Gasteiger partial charge in [-0.1, -0.05) is 122 Å². The fourth-order valence-corrected chi connectivity index (χ4v) is 14.4. The van der Waals surface area contributed by atoms with Crippen molar-refractivity contribution >= 4 is 0 Å². The first kappa shape index (κ1) is 42.8. The minimum Gasteiger partial charge on any atom is -0.378 e. The number of hydrogen-bond donors (Lipinski definition) is 8. The van der Waals surface area contributed by atoms with E-state index in [1.165, 1.54) is 173 Å². The Morgan fingerprint density at radius 1 is 0.339 bits per heavy atom. The van der Waals surface area contributed by atoms with E-state index in [0.717, 1.165) is 18.4 Å². The van der Waals surface area contributed by atoms with Crippen molar-refractivity contribution in [2.45, 2.75) is 236 Å². The van der Waals surface area contributed by atoms with Crippen LogP contribution in [-0.2, 0) is 21.8 Å². The van der Waals surface area contributed by atoms with Crippen molar-refractivity contribution in [3.05, 3.63) is 0 Å². The molecule has 4 aliphatic carbocycles. The van der Waals surface area contributed by atoms with E-state index in [9.17, 15) is 0 Å². The zero-order valence-electron chi connectivity index (χ0n) is 35.3. The second-order valence-corrected chi connectivity index (χ2v) is 20.5. The van der Waals surface area contributed by atoms with E-state index in [1.807, 2.05) is 0 Å². The van der Waals surface area contributed by atoms with Crippen LogP contribution in [0.2, 0.25) is 0 Å². The van der Waals surface area contributed by atoms with Crippen LogP contribution >= 0.6 is 0 Å². The van der Waals surface area contributed by atoms with Crippen LogP contribution in [0.25, 0.3) is 0 Å². The Morgan fingerprint density at radius 2 is 0.643 bits per heavy atom. The van der Waals surface area contributed by atoms with Crippen LogP contribution in [0.3, 0.4) is 0 Å². The van der Waals surface area contributed by atoms with Crippen LogP contribution in [-0.4, -0.2) is 62.0 Å². The summed E-state index contributed by atoms with van der Waals surface area (Å²) in [5.41, 5.74) is 0. The molecule has 8 bridgehead atoms. The van der Waals surface area contributed by atoms with E-state index in [-0.39, 0.29) is 23.2 Å². The second kappa shape index (κ2) is 20.8. The Kier molecular flexibility index (Phi) is 15.9. The Morgan fingerprint density at radius 3 is 1.02 bits per heavy atom. The van der Waals surface area contributed by atoms with Crippen molar-refractivity contribution < 1.29 is 21.8 Å². The molecule has 0 spiro atoms. The molecule has 17 unspecified atom stereocenters. The summed E-state index contributed by atoms with van der Waals surface area (Å²) >= 11 is 0. The van der Waals surface area contributed by atoms with Gasteiger partial charge in [0.15, 0.2) is 0 Å². The average Bonchev–Trinajstić information content (AvgIpc) is 3.96. The number of unbranched alkanes of at least 4 members (excludes halogenated alkanes) is 11. The van der Waals surface area contributed by atoms with Crippen molar-refractivity contribution in [3.8, 4) is 0 Å².